The molecule has 0 spiro atoms. The lowest BCUT2D eigenvalue weighted by Gasteiger charge is -2.26. The molecule has 1 amide bonds. The van der Waals surface area contributed by atoms with Gasteiger partial charge in [0.2, 0.25) is 0 Å². The molecule has 1 aromatic carbocycles. The molecular formula is C16H21N3O2. The average Bonchev–Trinajstić information content (AvgIpc) is 2.54. The molecule has 1 aliphatic rings. The van der Waals surface area contributed by atoms with E-state index in [1.54, 1.807) is 12.1 Å². The molecule has 1 heterocycles. The molecule has 5 heteroatoms. The second kappa shape index (κ2) is 8.42. The van der Waals surface area contributed by atoms with Crippen molar-refractivity contribution in [2.45, 2.75) is 0 Å². The number of rotatable bonds is 4. The van der Waals surface area contributed by atoms with Gasteiger partial charge in [-0.15, -0.1) is 0 Å². The zero-order chi connectivity index (χ0) is 14.9. The van der Waals surface area contributed by atoms with E-state index in [9.17, 15) is 4.79 Å². The molecule has 3 N–H and O–H groups in total. The average molecular weight is 287 g/mol. The van der Waals surface area contributed by atoms with Gasteiger partial charge in [0.15, 0.2) is 0 Å². The van der Waals surface area contributed by atoms with E-state index in [0.717, 1.165) is 38.4 Å². The molecule has 0 aromatic heterocycles. The summed E-state index contributed by atoms with van der Waals surface area (Å²) in [4.78, 5) is 14.3. The lowest BCUT2D eigenvalue weighted by atomic mass is 10.1. The largest absolute Gasteiger partial charge is 0.379 e. The van der Waals surface area contributed by atoms with Crippen molar-refractivity contribution in [3.63, 3.8) is 0 Å². The van der Waals surface area contributed by atoms with Crippen molar-refractivity contribution in [2.75, 3.05) is 45.9 Å². The Labute approximate surface area is 125 Å². The van der Waals surface area contributed by atoms with Gasteiger partial charge in [0.25, 0.3) is 5.91 Å². The normalized spacial score (nSPS) is 15.1. The fourth-order valence-corrected chi connectivity index (χ4v) is 2.11. The van der Waals surface area contributed by atoms with E-state index in [1.807, 2.05) is 12.1 Å². The van der Waals surface area contributed by atoms with E-state index >= 15 is 0 Å². The van der Waals surface area contributed by atoms with Gasteiger partial charge in [-0.3, -0.25) is 9.69 Å². The van der Waals surface area contributed by atoms with E-state index in [1.165, 1.54) is 0 Å². The molecule has 112 valence electrons. The number of carbonyl (C=O) groups excluding carboxylic acids is 1. The topological polar surface area (TPSA) is 67.6 Å². The molecule has 0 aliphatic carbocycles. The van der Waals surface area contributed by atoms with E-state index in [0.29, 0.717) is 18.7 Å². The summed E-state index contributed by atoms with van der Waals surface area (Å²) < 4.78 is 5.29. The molecule has 1 aliphatic heterocycles. The zero-order valence-corrected chi connectivity index (χ0v) is 12.1. The first kappa shape index (κ1) is 15.5. The van der Waals surface area contributed by atoms with Crippen LogP contribution in [0.15, 0.2) is 24.3 Å². The van der Waals surface area contributed by atoms with Gasteiger partial charge in [0.1, 0.15) is 0 Å². The summed E-state index contributed by atoms with van der Waals surface area (Å²) in [5.41, 5.74) is 6.84. The molecule has 2 rings (SSSR count). The molecule has 0 bridgehead atoms. The molecule has 0 radical (unpaired) electrons. The smallest absolute Gasteiger partial charge is 0.251 e. The maximum Gasteiger partial charge on any atom is 0.251 e. The first-order valence-corrected chi connectivity index (χ1v) is 7.17. The molecule has 1 aromatic rings. The predicted octanol–water partition coefficient (Wildman–Crippen LogP) is 0.0588. The van der Waals surface area contributed by atoms with Crippen LogP contribution < -0.4 is 11.1 Å². The van der Waals surface area contributed by atoms with Crippen LogP contribution in [0.2, 0.25) is 0 Å². The lowest BCUT2D eigenvalue weighted by molar-refractivity contribution is 0.0383. The maximum atomic E-state index is 12.0. The SMILES string of the molecule is NCC#Cc1ccc(C(=O)NCCN2CCOCC2)cc1. The molecule has 0 unspecified atom stereocenters. The second-order valence-corrected chi connectivity index (χ2v) is 4.79. The van der Waals surface area contributed by atoms with Gasteiger partial charge in [-0.05, 0) is 24.3 Å². The predicted molar refractivity (Wildman–Crippen MR) is 82.0 cm³/mol. The van der Waals surface area contributed by atoms with Gasteiger partial charge in [0.05, 0.1) is 19.8 Å². The Bertz CT molecular complexity index is 511. The van der Waals surface area contributed by atoms with Crippen LogP contribution >= 0.6 is 0 Å². The highest BCUT2D eigenvalue weighted by Gasteiger charge is 2.10. The number of ether oxygens (including phenoxy) is 1. The Morgan fingerprint density at radius 1 is 1.29 bits per heavy atom. The fourth-order valence-electron chi connectivity index (χ4n) is 2.11. The number of morpholine rings is 1. The van der Waals surface area contributed by atoms with Crippen molar-refractivity contribution < 1.29 is 9.53 Å². The minimum Gasteiger partial charge on any atom is -0.379 e. The summed E-state index contributed by atoms with van der Waals surface area (Å²) in [5, 5.41) is 2.93. The second-order valence-electron chi connectivity index (χ2n) is 4.79. The van der Waals surface area contributed by atoms with Crippen LogP contribution in [-0.4, -0.2) is 56.7 Å². The number of nitrogens with zero attached hydrogens (tertiary/aromatic N) is 1. The van der Waals surface area contributed by atoms with Crippen LogP contribution in [-0.2, 0) is 4.74 Å². The summed E-state index contributed by atoms with van der Waals surface area (Å²) in [6, 6.07) is 7.23. The number of amides is 1. The van der Waals surface area contributed by atoms with Gasteiger partial charge >= 0.3 is 0 Å². The highest BCUT2D eigenvalue weighted by Crippen LogP contribution is 2.03. The first-order chi connectivity index (χ1) is 10.3. The lowest BCUT2D eigenvalue weighted by Crippen LogP contribution is -2.41. The third kappa shape index (κ3) is 5.20. The molecule has 0 saturated carbocycles. The Morgan fingerprint density at radius 2 is 2.00 bits per heavy atom. The van der Waals surface area contributed by atoms with E-state index < -0.39 is 0 Å². The van der Waals surface area contributed by atoms with Crippen LogP contribution in [0.5, 0.6) is 0 Å². The Balaban J connectivity index is 1.77. The maximum absolute atomic E-state index is 12.0. The highest BCUT2D eigenvalue weighted by atomic mass is 16.5. The van der Waals surface area contributed by atoms with Crippen LogP contribution in [0.1, 0.15) is 15.9 Å². The summed E-state index contributed by atoms with van der Waals surface area (Å²) in [6.07, 6.45) is 0. The number of nitrogens with two attached hydrogens (primary N) is 1. The molecule has 21 heavy (non-hydrogen) atoms. The monoisotopic (exact) mass is 287 g/mol. The zero-order valence-electron chi connectivity index (χ0n) is 12.1. The molecular weight excluding hydrogens is 266 g/mol. The van der Waals surface area contributed by atoms with Crippen LogP contribution in [0.3, 0.4) is 0 Å². The number of hydrogen-bond donors (Lipinski definition) is 2. The van der Waals surface area contributed by atoms with Gasteiger partial charge < -0.3 is 15.8 Å². The number of hydrogen-bond acceptors (Lipinski definition) is 4. The van der Waals surface area contributed by atoms with Crippen molar-refractivity contribution in [3.05, 3.63) is 35.4 Å². The third-order valence-electron chi connectivity index (χ3n) is 3.30. The molecule has 5 nitrogen and oxygen atoms in total. The summed E-state index contributed by atoms with van der Waals surface area (Å²) in [5.74, 6) is 5.66. The Morgan fingerprint density at radius 3 is 2.67 bits per heavy atom. The highest BCUT2D eigenvalue weighted by molar-refractivity contribution is 5.94. The van der Waals surface area contributed by atoms with Gasteiger partial charge in [-0.2, -0.15) is 0 Å². The molecule has 1 fully saturated rings. The minimum absolute atomic E-state index is 0.0541. The van der Waals surface area contributed by atoms with E-state index in [4.69, 9.17) is 10.5 Å². The van der Waals surface area contributed by atoms with Crippen molar-refractivity contribution in [1.29, 1.82) is 0 Å². The quantitative estimate of drug-likeness (QED) is 0.769. The van der Waals surface area contributed by atoms with E-state index in [-0.39, 0.29) is 5.91 Å². The number of nitrogens with one attached hydrogen (secondary N) is 1. The standard InChI is InChI=1S/C16H21N3O2/c17-7-1-2-14-3-5-15(6-4-14)16(20)18-8-9-19-10-12-21-13-11-19/h3-6H,7-13,17H2,(H,18,20). The van der Waals surface area contributed by atoms with Crippen LogP contribution in [0, 0.1) is 11.8 Å². The first-order valence-electron chi connectivity index (χ1n) is 7.17. The Kier molecular flexibility index (Phi) is 6.22. The van der Waals surface area contributed by atoms with Gasteiger partial charge in [-0.1, -0.05) is 11.8 Å². The number of benzene rings is 1. The summed E-state index contributed by atoms with van der Waals surface area (Å²) in [6.45, 7) is 5.26. The van der Waals surface area contributed by atoms with Crippen molar-refractivity contribution in [1.82, 2.24) is 10.2 Å². The molecule has 0 atom stereocenters. The molecule has 1 saturated heterocycles. The summed E-state index contributed by atoms with van der Waals surface area (Å²) in [7, 11) is 0. The minimum atomic E-state index is -0.0541. The van der Waals surface area contributed by atoms with Gasteiger partial charge in [0, 0.05) is 37.3 Å². The summed E-state index contributed by atoms with van der Waals surface area (Å²) >= 11 is 0. The van der Waals surface area contributed by atoms with Crippen molar-refractivity contribution in [2.24, 2.45) is 5.73 Å². The fraction of sp³-hybridized carbons (Fsp3) is 0.438. The van der Waals surface area contributed by atoms with E-state index in [2.05, 4.69) is 22.1 Å². The van der Waals surface area contributed by atoms with Crippen molar-refractivity contribution in [3.8, 4) is 11.8 Å². The van der Waals surface area contributed by atoms with Crippen LogP contribution in [0.25, 0.3) is 0 Å². The Hall–Kier alpha value is -1.87. The van der Waals surface area contributed by atoms with Gasteiger partial charge in [-0.25, -0.2) is 0 Å². The third-order valence-corrected chi connectivity index (χ3v) is 3.30. The van der Waals surface area contributed by atoms with Crippen molar-refractivity contribution >= 4 is 5.91 Å². The van der Waals surface area contributed by atoms with Crippen LogP contribution in [0.4, 0.5) is 0 Å². The number of carbonyl (C=O) groups is 1.